The van der Waals surface area contributed by atoms with Crippen molar-refractivity contribution in [2.75, 3.05) is 0 Å². The predicted octanol–water partition coefficient (Wildman–Crippen LogP) is 4.82. The summed E-state index contributed by atoms with van der Waals surface area (Å²) >= 11 is 0. The van der Waals surface area contributed by atoms with Crippen molar-refractivity contribution in [3.8, 4) is 12.1 Å². The van der Waals surface area contributed by atoms with Gasteiger partial charge in [-0.25, -0.2) is 0 Å². The largest absolute Gasteiger partial charge is 0.197 e. The molecule has 0 rings (SSSR count). The van der Waals surface area contributed by atoms with Crippen LogP contribution in [0.5, 0.6) is 0 Å². The van der Waals surface area contributed by atoms with Crippen molar-refractivity contribution in [3.05, 3.63) is 0 Å². The second kappa shape index (κ2) is 9.06. The van der Waals surface area contributed by atoms with E-state index < -0.39 is 5.41 Å². The number of rotatable bonds is 9. The van der Waals surface area contributed by atoms with Crippen molar-refractivity contribution in [2.45, 2.75) is 72.1 Å². The van der Waals surface area contributed by atoms with Gasteiger partial charge in [-0.05, 0) is 18.8 Å². The van der Waals surface area contributed by atoms with Gasteiger partial charge in [-0.2, -0.15) is 10.5 Å². The van der Waals surface area contributed by atoms with Gasteiger partial charge in [0.05, 0.1) is 12.1 Å². The molecule has 2 heteroatoms. The molecule has 0 aromatic rings. The quantitative estimate of drug-likeness (QED) is 0.537. The summed E-state index contributed by atoms with van der Waals surface area (Å²) in [6, 6.07) is 4.50. The van der Waals surface area contributed by atoms with Gasteiger partial charge >= 0.3 is 0 Å². The van der Waals surface area contributed by atoms with Gasteiger partial charge < -0.3 is 0 Å². The minimum Gasteiger partial charge on any atom is -0.197 e. The molecule has 0 bridgehead atoms. The van der Waals surface area contributed by atoms with Gasteiger partial charge in [-0.15, -0.1) is 0 Å². The van der Waals surface area contributed by atoms with Crippen LogP contribution in [0.2, 0.25) is 0 Å². The van der Waals surface area contributed by atoms with Gasteiger partial charge in [0.2, 0.25) is 0 Å². The first kappa shape index (κ1) is 16.0. The molecule has 2 nitrogen and oxygen atoms in total. The molecule has 0 aliphatic rings. The van der Waals surface area contributed by atoms with E-state index in [0.29, 0.717) is 5.92 Å². The maximum Gasteiger partial charge on any atom is 0.143 e. The second-order valence-electron chi connectivity index (χ2n) is 5.40. The first-order chi connectivity index (χ1) is 8.10. The van der Waals surface area contributed by atoms with Crippen LogP contribution in [0.15, 0.2) is 0 Å². The average Bonchev–Trinajstić information content (AvgIpc) is 2.32. The second-order valence-corrected chi connectivity index (χ2v) is 5.40. The average molecular weight is 234 g/mol. The maximum absolute atomic E-state index is 9.21. The molecule has 0 N–H and O–H groups in total. The SMILES string of the molecule is CCCCCC(C#N)(C#N)CCCCC(C)C. The van der Waals surface area contributed by atoms with Gasteiger partial charge in [0.25, 0.3) is 0 Å². The highest BCUT2D eigenvalue weighted by molar-refractivity contribution is 5.13. The maximum atomic E-state index is 9.21. The molecule has 0 amide bonds. The van der Waals surface area contributed by atoms with Crippen molar-refractivity contribution < 1.29 is 0 Å². The third-order valence-electron chi connectivity index (χ3n) is 3.27. The molecule has 0 atom stereocenters. The molecule has 0 saturated heterocycles. The van der Waals surface area contributed by atoms with Crippen LogP contribution in [0.4, 0.5) is 0 Å². The van der Waals surface area contributed by atoms with E-state index in [9.17, 15) is 10.5 Å². The van der Waals surface area contributed by atoms with E-state index >= 15 is 0 Å². The zero-order valence-corrected chi connectivity index (χ0v) is 11.6. The van der Waals surface area contributed by atoms with E-state index in [1.807, 2.05) is 0 Å². The van der Waals surface area contributed by atoms with Crippen molar-refractivity contribution >= 4 is 0 Å². The number of hydrogen-bond acceptors (Lipinski definition) is 2. The van der Waals surface area contributed by atoms with E-state index in [1.54, 1.807) is 0 Å². The molecule has 0 spiro atoms. The highest BCUT2D eigenvalue weighted by atomic mass is 14.4. The van der Waals surface area contributed by atoms with E-state index in [4.69, 9.17) is 0 Å². The lowest BCUT2D eigenvalue weighted by Crippen LogP contribution is -2.16. The normalized spacial score (nSPS) is 11.2. The predicted molar refractivity (Wildman–Crippen MR) is 71.1 cm³/mol. The van der Waals surface area contributed by atoms with Crippen LogP contribution in [-0.4, -0.2) is 0 Å². The molecule has 0 aliphatic carbocycles. The van der Waals surface area contributed by atoms with E-state index in [2.05, 4.69) is 32.9 Å². The summed E-state index contributed by atoms with van der Waals surface area (Å²) in [6.45, 7) is 6.56. The van der Waals surface area contributed by atoms with E-state index in [0.717, 1.165) is 44.9 Å². The molecular formula is C15H26N2. The highest BCUT2D eigenvalue weighted by Gasteiger charge is 2.28. The van der Waals surface area contributed by atoms with Crippen LogP contribution in [0.3, 0.4) is 0 Å². The first-order valence-electron chi connectivity index (χ1n) is 6.92. The Morgan fingerprint density at radius 1 is 0.941 bits per heavy atom. The Balaban J connectivity index is 4.05. The standard InChI is InChI=1S/C15H26N2/c1-4-5-7-10-15(12-16,13-17)11-8-6-9-14(2)3/h14H,4-11H2,1-3H3. The number of nitrogens with zero attached hydrogens (tertiary/aromatic N) is 2. The smallest absolute Gasteiger partial charge is 0.143 e. The summed E-state index contributed by atoms with van der Waals surface area (Å²) in [5.74, 6) is 0.716. The molecule has 96 valence electrons. The minimum absolute atomic E-state index is 0.716. The Kier molecular flexibility index (Phi) is 8.51. The van der Waals surface area contributed by atoms with Gasteiger partial charge in [-0.1, -0.05) is 59.3 Å². The summed E-state index contributed by atoms with van der Waals surface area (Å²) < 4.78 is 0. The molecule has 0 fully saturated rings. The fourth-order valence-electron chi connectivity index (χ4n) is 2.03. The summed E-state index contributed by atoms with van der Waals surface area (Å²) in [5, 5.41) is 18.4. The van der Waals surface area contributed by atoms with Gasteiger partial charge in [0.15, 0.2) is 0 Å². The Morgan fingerprint density at radius 3 is 1.88 bits per heavy atom. The summed E-state index contributed by atoms with van der Waals surface area (Å²) in [5.41, 5.74) is -0.716. The van der Waals surface area contributed by atoms with Crippen LogP contribution in [-0.2, 0) is 0 Å². The van der Waals surface area contributed by atoms with Crippen LogP contribution >= 0.6 is 0 Å². The zero-order valence-electron chi connectivity index (χ0n) is 11.6. The molecule has 0 unspecified atom stereocenters. The third-order valence-corrected chi connectivity index (χ3v) is 3.27. The molecule has 0 aromatic heterocycles. The molecule has 0 radical (unpaired) electrons. The minimum atomic E-state index is -0.716. The lowest BCUT2D eigenvalue weighted by Gasteiger charge is -2.18. The Labute approximate surface area is 107 Å². The monoisotopic (exact) mass is 234 g/mol. The number of unbranched alkanes of at least 4 members (excludes halogenated alkanes) is 3. The molecule has 0 heterocycles. The fraction of sp³-hybridized carbons (Fsp3) is 0.867. The third kappa shape index (κ3) is 7.01. The van der Waals surface area contributed by atoms with Crippen molar-refractivity contribution in [3.63, 3.8) is 0 Å². The van der Waals surface area contributed by atoms with Gasteiger partial charge in [-0.3, -0.25) is 0 Å². The Hall–Kier alpha value is -1.02. The molecule has 0 aromatic carbocycles. The van der Waals surface area contributed by atoms with Gasteiger partial charge in [0, 0.05) is 0 Å². The van der Waals surface area contributed by atoms with E-state index in [-0.39, 0.29) is 0 Å². The van der Waals surface area contributed by atoms with Crippen LogP contribution in [0.25, 0.3) is 0 Å². The van der Waals surface area contributed by atoms with Crippen molar-refractivity contribution in [1.82, 2.24) is 0 Å². The van der Waals surface area contributed by atoms with Gasteiger partial charge in [0.1, 0.15) is 5.41 Å². The summed E-state index contributed by atoms with van der Waals surface area (Å²) in [7, 11) is 0. The topological polar surface area (TPSA) is 47.6 Å². The molecule has 0 aliphatic heterocycles. The highest BCUT2D eigenvalue weighted by Crippen LogP contribution is 2.30. The lowest BCUT2D eigenvalue weighted by atomic mass is 9.80. The summed E-state index contributed by atoms with van der Waals surface area (Å²) in [4.78, 5) is 0. The van der Waals surface area contributed by atoms with E-state index in [1.165, 1.54) is 6.42 Å². The Morgan fingerprint density at radius 2 is 1.47 bits per heavy atom. The molecule has 17 heavy (non-hydrogen) atoms. The number of hydrogen-bond donors (Lipinski definition) is 0. The Bertz CT molecular complexity index is 254. The van der Waals surface area contributed by atoms with Crippen molar-refractivity contribution in [2.24, 2.45) is 11.3 Å². The fourth-order valence-corrected chi connectivity index (χ4v) is 2.03. The first-order valence-corrected chi connectivity index (χ1v) is 6.92. The molecular weight excluding hydrogens is 208 g/mol. The zero-order chi connectivity index (χ0) is 13.1. The van der Waals surface area contributed by atoms with Crippen LogP contribution in [0.1, 0.15) is 72.1 Å². The van der Waals surface area contributed by atoms with Crippen LogP contribution in [0, 0.1) is 34.0 Å². The van der Waals surface area contributed by atoms with Crippen LogP contribution < -0.4 is 0 Å². The summed E-state index contributed by atoms with van der Waals surface area (Å²) in [6.07, 6.45) is 8.09. The lowest BCUT2D eigenvalue weighted by molar-refractivity contribution is 0.388. The number of nitriles is 2. The van der Waals surface area contributed by atoms with Crippen molar-refractivity contribution in [1.29, 1.82) is 10.5 Å². The molecule has 0 saturated carbocycles.